The number of oxime groups is 1. The van der Waals surface area contributed by atoms with Crippen molar-refractivity contribution in [3.63, 3.8) is 0 Å². The fourth-order valence-corrected chi connectivity index (χ4v) is 6.47. The summed E-state index contributed by atoms with van der Waals surface area (Å²) in [4.78, 5) is 39.5. The molecule has 1 unspecified atom stereocenters. The minimum absolute atomic E-state index is 0.00689. The summed E-state index contributed by atoms with van der Waals surface area (Å²) in [5, 5.41) is 18.2. The van der Waals surface area contributed by atoms with Gasteiger partial charge in [-0.3, -0.25) is 19.6 Å². The van der Waals surface area contributed by atoms with Crippen LogP contribution in [0.1, 0.15) is 37.1 Å². The van der Waals surface area contributed by atoms with E-state index in [4.69, 9.17) is 25.3 Å². The highest BCUT2D eigenvalue weighted by atomic mass is 32.3. The van der Waals surface area contributed by atoms with Crippen LogP contribution in [0.25, 0.3) is 0 Å². The summed E-state index contributed by atoms with van der Waals surface area (Å²) in [6.45, 7) is 8.00. The van der Waals surface area contributed by atoms with Gasteiger partial charge in [0.25, 0.3) is 5.91 Å². The smallest absolute Gasteiger partial charge is 0.418 e. The third kappa shape index (κ3) is 7.52. The molecule has 0 bridgehead atoms. The Morgan fingerprint density at radius 3 is 2.64 bits per heavy atom. The molecule has 3 aliphatic rings. The Balaban J connectivity index is 1.15. The second-order valence-corrected chi connectivity index (χ2v) is 13.2. The first-order valence-corrected chi connectivity index (χ1v) is 16.6. The summed E-state index contributed by atoms with van der Waals surface area (Å²) in [5.74, 6) is -1.08. The highest BCUT2D eigenvalue weighted by molar-refractivity contribution is 7.80. The lowest BCUT2D eigenvalue weighted by molar-refractivity contribution is -0.228. The Hall–Kier alpha value is -3.84. The number of β-lactam (4-membered cyclic amide) rings is 1. The number of carbonyl (C=O) groups is 2. The van der Waals surface area contributed by atoms with E-state index in [-0.39, 0.29) is 36.2 Å². The number of aromatic nitrogens is 1. The Morgan fingerprint density at radius 2 is 1.98 bits per heavy atom. The minimum Gasteiger partial charge on any atom is -0.490 e. The molecule has 1 atom stereocenters. The van der Waals surface area contributed by atoms with Crippen molar-refractivity contribution in [2.24, 2.45) is 11.1 Å². The first-order chi connectivity index (χ1) is 21.3. The number of ether oxygens (including phenoxy) is 1. The molecule has 3 aliphatic heterocycles. The minimum atomic E-state index is -4.92. The fraction of sp³-hybridized carbons (Fsp3) is 0.519. The quantitative estimate of drug-likeness (QED) is 0.0650. The van der Waals surface area contributed by atoms with Crippen LogP contribution in [-0.2, 0) is 42.1 Å². The summed E-state index contributed by atoms with van der Waals surface area (Å²) in [6, 6.07) is 5.87. The number of carbonyl (C=O) groups excluding carboxylic acids is 2. The van der Waals surface area contributed by atoms with Crippen LogP contribution in [0.2, 0.25) is 0 Å². The number of nitrogens with two attached hydrogens (primary N) is 1. The van der Waals surface area contributed by atoms with E-state index in [9.17, 15) is 18.0 Å². The van der Waals surface area contributed by atoms with Gasteiger partial charge in [-0.05, 0) is 43.5 Å². The van der Waals surface area contributed by atoms with Crippen molar-refractivity contribution in [3.8, 4) is 5.75 Å². The monoisotopic (exact) mass is 664 g/mol. The Bertz CT molecular complexity index is 1590. The standard InChI is InChI=1S/C27H36N8O8S2/c1-27(2)20(24(37)35(27)43-45(38,39)40)14-22(36)23(21-16-44-25(28)31-21)32-42-12-11-41-19-4-3-18-15-34(8-5-17(18)13-19)26(29)33-9-6-30-7-10-33/h3-4,13,16,20,29-30H,5-12,14-15H2,1-2H3,(H2,28,31)(H,38,39,40)/b29-26?,32-23-. The molecule has 16 nitrogen and oxygen atoms in total. The highest BCUT2D eigenvalue weighted by Crippen LogP contribution is 2.40. The van der Waals surface area contributed by atoms with Gasteiger partial charge in [-0.1, -0.05) is 11.2 Å². The van der Waals surface area contributed by atoms with Crippen LogP contribution in [0.5, 0.6) is 5.75 Å². The molecule has 1 aromatic heterocycles. The number of Topliss-reactive ketones (excluding diaryl/α,β-unsaturated/α-hetero) is 1. The van der Waals surface area contributed by atoms with E-state index in [0.29, 0.717) is 23.3 Å². The maximum absolute atomic E-state index is 13.2. The zero-order chi connectivity index (χ0) is 32.4. The van der Waals surface area contributed by atoms with E-state index in [1.165, 1.54) is 24.8 Å². The van der Waals surface area contributed by atoms with Crippen LogP contribution >= 0.6 is 11.3 Å². The molecule has 2 aromatic rings. The number of guanidine groups is 1. The van der Waals surface area contributed by atoms with Gasteiger partial charge >= 0.3 is 10.4 Å². The third-order valence-corrected chi connectivity index (χ3v) is 8.98. The third-order valence-electron chi connectivity index (χ3n) is 7.97. The predicted octanol–water partition coefficient (Wildman–Crippen LogP) is 0.654. The Kier molecular flexibility index (Phi) is 9.59. The van der Waals surface area contributed by atoms with Gasteiger partial charge in [0.2, 0.25) is 0 Å². The van der Waals surface area contributed by atoms with E-state index < -0.39 is 33.5 Å². The molecule has 5 N–H and O–H groups in total. The summed E-state index contributed by atoms with van der Waals surface area (Å²) < 4.78 is 41.4. The predicted molar refractivity (Wildman–Crippen MR) is 164 cm³/mol. The number of hydroxylamine groups is 2. The lowest BCUT2D eigenvalue weighted by Crippen LogP contribution is -2.68. The van der Waals surface area contributed by atoms with Crippen molar-refractivity contribution in [2.45, 2.75) is 38.8 Å². The van der Waals surface area contributed by atoms with Crippen LogP contribution < -0.4 is 15.8 Å². The maximum Gasteiger partial charge on any atom is 0.418 e. The van der Waals surface area contributed by atoms with E-state index in [1.807, 2.05) is 18.2 Å². The van der Waals surface area contributed by atoms with Gasteiger partial charge in [0.15, 0.2) is 29.2 Å². The number of hydrogen-bond acceptors (Lipinski definition) is 13. The Labute approximate surface area is 264 Å². The number of thiazole rings is 1. The van der Waals surface area contributed by atoms with Gasteiger partial charge in [0, 0.05) is 51.1 Å². The fourth-order valence-electron chi connectivity index (χ4n) is 5.47. The van der Waals surface area contributed by atoms with Crippen molar-refractivity contribution < 1.29 is 36.4 Å². The molecule has 4 heterocycles. The number of fused-ring (bicyclic) bond motifs is 1. The number of nitrogens with one attached hydrogen (secondary N) is 2. The summed E-state index contributed by atoms with van der Waals surface area (Å²) in [6.07, 6.45) is 0.457. The lowest BCUT2D eigenvalue weighted by Gasteiger charge is -2.50. The highest BCUT2D eigenvalue weighted by Gasteiger charge is 2.57. The number of benzene rings is 1. The Morgan fingerprint density at radius 1 is 1.22 bits per heavy atom. The SMILES string of the molecule is CC1(C)C(CC(=O)/C(=N\OCCOc2ccc3c(c2)CCN(C(=N)N2CCNCC2)C3)c2csc(N)n2)C(=O)N1OS(=O)(=O)O. The summed E-state index contributed by atoms with van der Waals surface area (Å²) >= 11 is 1.10. The van der Waals surface area contributed by atoms with E-state index >= 15 is 0 Å². The van der Waals surface area contributed by atoms with Gasteiger partial charge in [-0.25, -0.2) is 4.98 Å². The van der Waals surface area contributed by atoms with Crippen LogP contribution in [0.15, 0.2) is 28.7 Å². The van der Waals surface area contributed by atoms with Crippen LogP contribution in [0, 0.1) is 11.3 Å². The summed E-state index contributed by atoms with van der Waals surface area (Å²) in [5.41, 5.74) is 6.89. The average Bonchev–Trinajstić information content (AvgIpc) is 3.44. The molecule has 0 saturated carbocycles. The topological polar surface area (TPSA) is 213 Å². The second kappa shape index (κ2) is 13.3. The van der Waals surface area contributed by atoms with Gasteiger partial charge in [0.1, 0.15) is 18.1 Å². The van der Waals surface area contributed by atoms with Crippen molar-refractivity contribution in [3.05, 3.63) is 40.4 Å². The molecule has 1 aromatic carbocycles. The van der Waals surface area contributed by atoms with Crippen LogP contribution in [-0.4, -0.2) is 108 Å². The lowest BCUT2D eigenvalue weighted by atomic mass is 9.74. The maximum atomic E-state index is 13.2. The van der Waals surface area contributed by atoms with Gasteiger partial charge in [-0.2, -0.15) is 13.5 Å². The number of rotatable bonds is 11. The molecule has 0 aliphatic carbocycles. The molecule has 5 rings (SSSR count). The molecule has 45 heavy (non-hydrogen) atoms. The molecule has 2 fully saturated rings. The first kappa shape index (κ1) is 32.6. The van der Waals surface area contributed by atoms with Crippen LogP contribution in [0.3, 0.4) is 0 Å². The molecule has 18 heteroatoms. The van der Waals surface area contributed by atoms with E-state index in [2.05, 4.69) is 29.5 Å². The van der Waals surface area contributed by atoms with Crippen molar-refractivity contribution in [1.82, 2.24) is 25.2 Å². The van der Waals surface area contributed by atoms with E-state index in [1.54, 1.807) is 0 Å². The number of piperazine rings is 1. The number of nitrogens with zero attached hydrogens (tertiary/aromatic N) is 5. The van der Waals surface area contributed by atoms with Crippen molar-refractivity contribution >= 4 is 50.2 Å². The number of anilines is 1. The normalized spacial score (nSPS) is 20.0. The average molecular weight is 665 g/mol. The van der Waals surface area contributed by atoms with Gasteiger partial charge in [-0.15, -0.1) is 15.6 Å². The zero-order valence-corrected chi connectivity index (χ0v) is 26.5. The number of nitrogen functional groups attached to an aromatic ring is 1. The summed E-state index contributed by atoms with van der Waals surface area (Å²) in [7, 11) is -4.92. The van der Waals surface area contributed by atoms with Crippen LogP contribution in [0.4, 0.5) is 5.13 Å². The van der Waals surface area contributed by atoms with Gasteiger partial charge < -0.3 is 30.4 Å². The number of hydrogen-bond donors (Lipinski definition) is 4. The molecule has 0 radical (unpaired) electrons. The molecule has 244 valence electrons. The second-order valence-electron chi connectivity index (χ2n) is 11.3. The van der Waals surface area contributed by atoms with Crippen molar-refractivity contribution in [1.29, 1.82) is 5.41 Å². The molecule has 0 spiro atoms. The van der Waals surface area contributed by atoms with Gasteiger partial charge in [0.05, 0.1) is 11.5 Å². The van der Waals surface area contributed by atoms with E-state index in [0.717, 1.165) is 56.0 Å². The largest absolute Gasteiger partial charge is 0.490 e. The molecular weight excluding hydrogens is 628 g/mol. The van der Waals surface area contributed by atoms with Crippen molar-refractivity contribution in [2.75, 3.05) is 51.7 Å². The molecular formula is C27H36N8O8S2. The molecule has 1 amide bonds. The first-order valence-electron chi connectivity index (χ1n) is 14.3. The number of amides is 1. The zero-order valence-electron chi connectivity index (χ0n) is 24.9. The molecule has 2 saturated heterocycles. The number of ketones is 1.